The van der Waals surface area contributed by atoms with E-state index in [1.807, 2.05) is 18.2 Å². The molecule has 13 nitrogen and oxygen atoms in total. The van der Waals surface area contributed by atoms with Crippen molar-refractivity contribution in [3.63, 3.8) is 0 Å². The zero-order valence-corrected chi connectivity index (χ0v) is 22.5. The second-order valence-corrected chi connectivity index (χ2v) is 9.64. The highest BCUT2D eigenvalue weighted by Gasteiger charge is 2.36. The number of aliphatic hydroxyl groups is 1. The molecule has 0 aromatic heterocycles. The van der Waals surface area contributed by atoms with Gasteiger partial charge in [-0.3, -0.25) is 35.6 Å². The van der Waals surface area contributed by atoms with Crippen molar-refractivity contribution in [1.82, 2.24) is 15.5 Å². The number of amides is 4. The number of benzene rings is 1. The van der Waals surface area contributed by atoms with Crippen molar-refractivity contribution in [2.75, 3.05) is 13.6 Å². The van der Waals surface area contributed by atoms with Crippen LogP contribution >= 0.6 is 0 Å². The fraction of sp³-hybridized carbons (Fsp3) is 0.560. The van der Waals surface area contributed by atoms with Crippen LogP contribution in [0.25, 0.3) is 0 Å². The molecule has 5 unspecified atom stereocenters. The quantitative estimate of drug-likeness (QED) is 0.0624. The Balaban J connectivity index is 3.19. The number of nitrogens with zero attached hydrogens (tertiary/aromatic N) is 1. The normalized spacial score (nSPS) is 14.9. The molecule has 1 aromatic rings. The fourth-order valence-electron chi connectivity index (χ4n) is 3.69. The van der Waals surface area contributed by atoms with Crippen molar-refractivity contribution < 1.29 is 29.3 Å². The molecule has 0 fully saturated rings. The van der Waals surface area contributed by atoms with Crippen molar-refractivity contribution in [3.8, 4) is 0 Å². The molecule has 0 heterocycles. The first-order valence-electron chi connectivity index (χ1n) is 12.5. The third-order valence-corrected chi connectivity index (χ3v) is 6.10. The van der Waals surface area contributed by atoms with Crippen LogP contribution in [-0.4, -0.2) is 83.5 Å². The average Bonchev–Trinajstić information content (AvgIpc) is 2.85. The molecule has 38 heavy (non-hydrogen) atoms. The molecule has 12 N–H and O–H groups in total. The van der Waals surface area contributed by atoms with Gasteiger partial charge in [0.2, 0.25) is 23.6 Å². The molecule has 5 atom stereocenters. The SMILES string of the molecule is CC(C)C(NC(=O)C(N)C(C)O)C(=O)N(C)C(Cc1ccccc1)C(=O)NC(CCC[NH+]=C(N)N)C(N)=O. The first-order chi connectivity index (χ1) is 17.8. The lowest BCUT2D eigenvalue weighted by atomic mass is 9.98. The highest BCUT2D eigenvalue weighted by Crippen LogP contribution is 2.14. The molecule has 0 aliphatic rings. The maximum absolute atomic E-state index is 13.5. The van der Waals surface area contributed by atoms with Gasteiger partial charge >= 0.3 is 5.96 Å². The first-order valence-corrected chi connectivity index (χ1v) is 12.5. The highest BCUT2D eigenvalue weighted by atomic mass is 16.3. The van der Waals surface area contributed by atoms with Crippen LogP contribution in [0.3, 0.4) is 0 Å². The molecule has 0 aliphatic heterocycles. The summed E-state index contributed by atoms with van der Waals surface area (Å²) in [6, 6.07) is 4.80. The minimum atomic E-state index is -1.23. The second-order valence-electron chi connectivity index (χ2n) is 9.64. The number of carbonyl (C=O) groups is 4. The number of primary amides is 1. The summed E-state index contributed by atoms with van der Waals surface area (Å²) in [5.74, 6) is -2.85. The third-order valence-electron chi connectivity index (χ3n) is 6.10. The van der Waals surface area contributed by atoms with Gasteiger partial charge in [-0.1, -0.05) is 44.2 Å². The Bertz CT molecular complexity index is 966. The van der Waals surface area contributed by atoms with Crippen LogP contribution in [0.2, 0.25) is 0 Å². The van der Waals surface area contributed by atoms with E-state index in [1.54, 1.807) is 26.0 Å². The molecule has 13 heteroatoms. The van der Waals surface area contributed by atoms with Crippen LogP contribution in [0.1, 0.15) is 39.2 Å². The molecule has 4 amide bonds. The number of likely N-dealkylation sites (N-methyl/N-ethyl adjacent to an activating group) is 1. The van der Waals surface area contributed by atoms with Crippen LogP contribution in [0.4, 0.5) is 0 Å². The van der Waals surface area contributed by atoms with E-state index in [0.717, 1.165) is 5.56 Å². The summed E-state index contributed by atoms with van der Waals surface area (Å²) in [5, 5.41) is 14.9. The lowest BCUT2D eigenvalue weighted by molar-refractivity contribution is -0.459. The minimum absolute atomic E-state index is 0.0360. The minimum Gasteiger partial charge on any atom is -0.391 e. The van der Waals surface area contributed by atoms with Crippen LogP contribution in [0.5, 0.6) is 0 Å². The molecule has 0 aliphatic carbocycles. The van der Waals surface area contributed by atoms with E-state index in [0.29, 0.717) is 13.0 Å². The largest absolute Gasteiger partial charge is 0.391 e. The number of guanidine groups is 1. The van der Waals surface area contributed by atoms with E-state index in [1.165, 1.54) is 18.9 Å². The van der Waals surface area contributed by atoms with Crippen LogP contribution in [0.15, 0.2) is 30.3 Å². The number of hydrogen-bond acceptors (Lipinski definition) is 6. The van der Waals surface area contributed by atoms with Crippen molar-refractivity contribution in [1.29, 1.82) is 0 Å². The summed E-state index contributed by atoms with van der Waals surface area (Å²) >= 11 is 0. The number of aliphatic hydroxyl groups excluding tert-OH is 1. The van der Waals surface area contributed by atoms with E-state index in [9.17, 15) is 24.3 Å². The van der Waals surface area contributed by atoms with Crippen LogP contribution in [0, 0.1) is 5.92 Å². The Morgan fingerprint density at radius 1 is 1.00 bits per heavy atom. The molecule has 0 bridgehead atoms. The number of hydrogen-bond donors (Lipinski definition) is 8. The van der Waals surface area contributed by atoms with Crippen molar-refractivity contribution in [3.05, 3.63) is 35.9 Å². The summed E-state index contributed by atoms with van der Waals surface area (Å²) in [4.78, 5) is 55.5. The Morgan fingerprint density at radius 3 is 2.11 bits per heavy atom. The number of rotatable bonds is 15. The molecule has 0 radical (unpaired) electrons. The number of nitrogens with two attached hydrogens (primary N) is 4. The van der Waals surface area contributed by atoms with E-state index >= 15 is 0 Å². The third kappa shape index (κ3) is 10.3. The van der Waals surface area contributed by atoms with E-state index in [4.69, 9.17) is 22.9 Å². The average molecular weight is 536 g/mol. The zero-order chi connectivity index (χ0) is 29.0. The molecule has 0 spiro atoms. The summed E-state index contributed by atoms with van der Waals surface area (Å²) in [5.41, 5.74) is 22.8. The first kappa shape index (κ1) is 32.3. The summed E-state index contributed by atoms with van der Waals surface area (Å²) < 4.78 is 0. The Morgan fingerprint density at radius 2 is 1.61 bits per heavy atom. The van der Waals surface area contributed by atoms with Gasteiger partial charge < -0.3 is 32.1 Å². The predicted octanol–water partition coefficient (Wildman–Crippen LogP) is -3.99. The fourth-order valence-corrected chi connectivity index (χ4v) is 3.69. The number of carbonyl (C=O) groups excluding carboxylic acids is 4. The monoisotopic (exact) mass is 535 g/mol. The standard InChI is InChI=1S/C25H42N8O5/c1-14(2)20(32-23(37)19(26)15(3)34)24(38)33(4)18(13-16-9-6-5-7-10-16)22(36)31-17(21(27)35)11-8-12-30-25(28)29/h5-7,9-10,14-15,17-20,34H,8,11-13,26H2,1-4H3,(H2,27,35)(H,31,36)(H,32,37)(H4,28,29,30)/p+1. The van der Waals surface area contributed by atoms with Gasteiger partial charge in [0, 0.05) is 13.5 Å². The van der Waals surface area contributed by atoms with E-state index < -0.39 is 53.9 Å². The summed E-state index contributed by atoms with van der Waals surface area (Å²) in [7, 11) is 1.45. The number of nitrogens with one attached hydrogen (secondary N) is 3. The molecule has 1 aromatic carbocycles. The van der Waals surface area contributed by atoms with Gasteiger partial charge in [-0.2, -0.15) is 0 Å². The van der Waals surface area contributed by atoms with E-state index in [2.05, 4.69) is 15.6 Å². The maximum Gasteiger partial charge on any atom is 0.338 e. The Kier molecular flexibility index (Phi) is 13.2. The molecular formula is C25H43N8O5+. The van der Waals surface area contributed by atoms with Gasteiger partial charge in [-0.25, -0.2) is 0 Å². The molecule has 0 saturated carbocycles. The van der Waals surface area contributed by atoms with E-state index in [-0.39, 0.29) is 24.7 Å². The lowest BCUT2D eigenvalue weighted by Crippen LogP contribution is -2.78. The summed E-state index contributed by atoms with van der Waals surface area (Å²) in [6.45, 7) is 5.22. The smallest absolute Gasteiger partial charge is 0.338 e. The van der Waals surface area contributed by atoms with Gasteiger partial charge in [0.15, 0.2) is 0 Å². The Hall–Kier alpha value is -3.71. The highest BCUT2D eigenvalue weighted by molar-refractivity contribution is 5.94. The molecular weight excluding hydrogens is 492 g/mol. The predicted molar refractivity (Wildman–Crippen MR) is 143 cm³/mol. The van der Waals surface area contributed by atoms with Gasteiger partial charge in [-0.05, 0) is 31.2 Å². The topological polar surface area (TPSA) is 234 Å². The van der Waals surface area contributed by atoms with Crippen molar-refractivity contribution in [2.45, 2.75) is 70.3 Å². The maximum atomic E-state index is 13.5. The van der Waals surface area contributed by atoms with Gasteiger partial charge in [0.1, 0.15) is 24.2 Å². The van der Waals surface area contributed by atoms with Gasteiger partial charge in [-0.15, -0.1) is 0 Å². The van der Waals surface area contributed by atoms with Crippen LogP contribution < -0.4 is 38.6 Å². The van der Waals surface area contributed by atoms with Crippen molar-refractivity contribution >= 4 is 29.6 Å². The van der Waals surface area contributed by atoms with Gasteiger partial charge in [0.05, 0.1) is 12.6 Å². The second kappa shape index (κ2) is 15.5. The van der Waals surface area contributed by atoms with Gasteiger partial charge in [0.25, 0.3) is 0 Å². The van der Waals surface area contributed by atoms with Crippen LogP contribution in [-0.2, 0) is 25.6 Å². The zero-order valence-electron chi connectivity index (χ0n) is 22.5. The Labute approximate surface area is 223 Å². The molecule has 212 valence electrons. The summed E-state index contributed by atoms with van der Waals surface area (Å²) in [6.07, 6.45) is -0.312. The molecule has 1 rings (SSSR count). The lowest BCUT2D eigenvalue weighted by Gasteiger charge is -2.33. The molecule has 0 saturated heterocycles. The van der Waals surface area contributed by atoms with Crippen molar-refractivity contribution in [2.24, 2.45) is 28.9 Å².